The maximum absolute atomic E-state index is 11.2. The van der Waals surface area contributed by atoms with Crippen molar-refractivity contribution in [1.82, 2.24) is 4.98 Å². The van der Waals surface area contributed by atoms with Gasteiger partial charge in [0.2, 0.25) is 0 Å². The molecule has 1 aromatic rings. The van der Waals surface area contributed by atoms with Crippen LogP contribution in [-0.2, 0) is 0 Å². The molecule has 1 amide bonds. The van der Waals surface area contributed by atoms with E-state index in [1.165, 1.54) is 31.2 Å². The highest BCUT2D eigenvalue weighted by molar-refractivity contribution is 7.99. The van der Waals surface area contributed by atoms with Gasteiger partial charge in [-0.2, -0.15) is 11.8 Å². The van der Waals surface area contributed by atoms with Crippen molar-refractivity contribution in [3.8, 4) is 0 Å². The summed E-state index contributed by atoms with van der Waals surface area (Å²) in [6.07, 6.45) is 5.31. The number of anilines is 2. The minimum atomic E-state index is -0.523. The normalized spacial score (nSPS) is 19.4. The number of thioether (sulfide) groups is 1. The van der Waals surface area contributed by atoms with Gasteiger partial charge < -0.3 is 16.8 Å². The van der Waals surface area contributed by atoms with Gasteiger partial charge in [0, 0.05) is 11.8 Å². The average molecular weight is 266 g/mol. The summed E-state index contributed by atoms with van der Waals surface area (Å²) in [4.78, 5) is 15.3. The first-order chi connectivity index (χ1) is 8.66. The van der Waals surface area contributed by atoms with Crippen molar-refractivity contribution < 1.29 is 4.79 Å². The topological polar surface area (TPSA) is 94.0 Å². The smallest absolute Gasteiger partial charge is 0.250 e. The Morgan fingerprint density at radius 2 is 2.39 bits per heavy atom. The van der Waals surface area contributed by atoms with Gasteiger partial charge in [-0.15, -0.1) is 0 Å². The van der Waals surface area contributed by atoms with Crippen molar-refractivity contribution in [3.05, 3.63) is 17.8 Å². The Morgan fingerprint density at radius 3 is 3.06 bits per heavy atom. The number of nitrogens with zero attached hydrogens (tertiary/aromatic N) is 1. The fourth-order valence-corrected chi connectivity index (χ4v) is 3.20. The number of primary amides is 1. The summed E-state index contributed by atoms with van der Waals surface area (Å²) in [6.45, 7) is 0.861. The van der Waals surface area contributed by atoms with Crippen LogP contribution in [0.4, 0.5) is 11.5 Å². The summed E-state index contributed by atoms with van der Waals surface area (Å²) in [6, 6.07) is 1.62. The van der Waals surface area contributed by atoms with Gasteiger partial charge in [-0.05, 0) is 24.7 Å². The van der Waals surface area contributed by atoms with Crippen LogP contribution in [0.1, 0.15) is 29.6 Å². The molecule has 98 valence electrons. The Bertz CT molecular complexity index is 432. The van der Waals surface area contributed by atoms with Gasteiger partial charge in [-0.1, -0.05) is 6.42 Å². The van der Waals surface area contributed by atoms with Crippen LogP contribution in [0.5, 0.6) is 0 Å². The van der Waals surface area contributed by atoms with Crippen LogP contribution in [0.3, 0.4) is 0 Å². The maximum atomic E-state index is 11.2. The summed E-state index contributed by atoms with van der Waals surface area (Å²) in [5.41, 5.74) is 11.5. The van der Waals surface area contributed by atoms with Crippen LogP contribution in [0, 0.1) is 0 Å². The van der Waals surface area contributed by atoms with Gasteiger partial charge >= 0.3 is 0 Å². The molecule has 0 radical (unpaired) electrons. The molecule has 2 rings (SSSR count). The van der Waals surface area contributed by atoms with Crippen molar-refractivity contribution in [2.75, 3.05) is 23.3 Å². The summed E-state index contributed by atoms with van der Waals surface area (Å²) in [5, 5.41) is 3.86. The number of hydrogen-bond donors (Lipinski definition) is 3. The Labute approximate surface area is 111 Å². The largest absolute Gasteiger partial charge is 0.397 e. The molecule has 1 saturated heterocycles. The molecule has 0 aliphatic carbocycles. The highest BCUT2D eigenvalue weighted by atomic mass is 32.2. The minimum absolute atomic E-state index is 0.320. The SMILES string of the molecule is NC(=O)c1cc(NCC2CCCCS2)ncc1N. The molecule has 6 heteroatoms. The Kier molecular flexibility index (Phi) is 4.30. The predicted molar refractivity (Wildman–Crippen MR) is 75.8 cm³/mol. The molecule has 0 bridgehead atoms. The molecular weight excluding hydrogens is 248 g/mol. The van der Waals surface area contributed by atoms with E-state index in [2.05, 4.69) is 10.3 Å². The van der Waals surface area contributed by atoms with Crippen LogP contribution in [-0.4, -0.2) is 28.4 Å². The minimum Gasteiger partial charge on any atom is -0.397 e. The number of carbonyl (C=O) groups excluding carboxylic acids is 1. The zero-order valence-corrected chi connectivity index (χ0v) is 11.0. The van der Waals surface area contributed by atoms with E-state index in [0.717, 1.165) is 6.54 Å². The van der Waals surface area contributed by atoms with Crippen molar-refractivity contribution in [2.24, 2.45) is 5.73 Å². The van der Waals surface area contributed by atoms with E-state index in [-0.39, 0.29) is 0 Å². The van der Waals surface area contributed by atoms with E-state index in [9.17, 15) is 4.79 Å². The van der Waals surface area contributed by atoms with Crippen LogP contribution >= 0.6 is 11.8 Å². The van der Waals surface area contributed by atoms with Crippen LogP contribution < -0.4 is 16.8 Å². The number of nitrogens with one attached hydrogen (secondary N) is 1. The third kappa shape index (κ3) is 3.29. The van der Waals surface area contributed by atoms with E-state index >= 15 is 0 Å². The number of nitrogen functional groups attached to an aromatic ring is 1. The lowest BCUT2D eigenvalue weighted by atomic mass is 10.2. The monoisotopic (exact) mass is 266 g/mol. The fourth-order valence-electron chi connectivity index (χ4n) is 1.96. The lowest BCUT2D eigenvalue weighted by Crippen LogP contribution is -2.21. The van der Waals surface area contributed by atoms with Crippen molar-refractivity contribution >= 4 is 29.2 Å². The molecule has 1 aliphatic rings. The predicted octanol–water partition coefficient (Wildman–Crippen LogP) is 1.46. The lowest BCUT2D eigenvalue weighted by Gasteiger charge is -2.21. The Morgan fingerprint density at radius 1 is 1.56 bits per heavy atom. The molecule has 2 heterocycles. The second-order valence-corrected chi connectivity index (χ2v) is 5.80. The van der Waals surface area contributed by atoms with E-state index in [4.69, 9.17) is 11.5 Å². The molecule has 1 aliphatic heterocycles. The molecule has 1 atom stereocenters. The van der Waals surface area contributed by atoms with E-state index < -0.39 is 5.91 Å². The van der Waals surface area contributed by atoms with Gasteiger partial charge in [0.25, 0.3) is 5.91 Å². The maximum Gasteiger partial charge on any atom is 0.250 e. The number of amides is 1. The number of aromatic nitrogens is 1. The molecular formula is C12H18N4OS. The number of nitrogens with two attached hydrogens (primary N) is 2. The molecule has 5 nitrogen and oxygen atoms in total. The Balaban J connectivity index is 1.96. The van der Waals surface area contributed by atoms with Gasteiger partial charge in [-0.3, -0.25) is 4.79 Å². The first kappa shape index (κ1) is 13.0. The first-order valence-electron chi connectivity index (χ1n) is 6.07. The van der Waals surface area contributed by atoms with Crippen LogP contribution in [0.2, 0.25) is 0 Å². The molecule has 1 aromatic heterocycles. The quantitative estimate of drug-likeness (QED) is 0.767. The fraction of sp³-hybridized carbons (Fsp3) is 0.500. The molecule has 1 unspecified atom stereocenters. The third-order valence-electron chi connectivity index (χ3n) is 2.99. The van der Waals surface area contributed by atoms with E-state index in [0.29, 0.717) is 22.3 Å². The van der Waals surface area contributed by atoms with Gasteiger partial charge in [0.1, 0.15) is 5.82 Å². The van der Waals surface area contributed by atoms with E-state index in [1.807, 2.05) is 11.8 Å². The van der Waals surface area contributed by atoms with Crippen molar-refractivity contribution in [3.63, 3.8) is 0 Å². The Hall–Kier alpha value is -1.43. The van der Waals surface area contributed by atoms with Gasteiger partial charge in [0.15, 0.2) is 0 Å². The molecule has 5 N–H and O–H groups in total. The summed E-state index contributed by atoms with van der Waals surface area (Å²) in [7, 11) is 0. The highest BCUT2D eigenvalue weighted by Crippen LogP contribution is 2.25. The zero-order valence-electron chi connectivity index (χ0n) is 10.2. The average Bonchev–Trinajstić information content (AvgIpc) is 2.38. The van der Waals surface area contributed by atoms with Gasteiger partial charge in [0.05, 0.1) is 17.4 Å². The van der Waals surface area contributed by atoms with Crippen LogP contribution in [0.25, 0.3) is 0 Å². The highest BCUT2D eigenvalue weighted by Gasteiger charge is 2.14. The molecule has 0 aromatic carbocycles. The van der Waals surface area contributed by atoms with Crippen LogP contribution in [0.15, 0.2) is 12.3 Å². The second kappa shape index (κ2) is 5.95. The first-order valence-corrected chi connectivity index (χ1v) is 7.12. The molecule has 18 heavy (non-hydrogen) atoms. The summed E-state index contributed by atoms with van der Waals surface area (Å²) < 4.78 is 0. The second-order valence-electron chi connectivity index (χ2n) is 4.39. The lowest BCUT2D eigenvalue weighted by molar-refractivity contribution is 0.100. The molecule has 0 saturated carbocycles. The standard InChI is InChI=1S/C12H18N4OS/c13-10-7-16-11(5-9(10)12(14)17)15-6-8-3-1-2-4-18-8/h5,7-8H,1-4,6,13H2,(H2,14,17)(H,15,16). The summed E-state index contributed by atoms with van der Waals surface area (Å²) in [5.74, 6) is 1.36. The van der Waals surface area contributed by atoms with Crippen molar-refractivity contribution in [1.29, 1.82) is 0 Å². The summed E-state index contributed by atoms with van der Waals surface area (Å²) >= 11 is 1.99. The molecule has 0 spiro atoms. The number of carbonyl (C=O) groups is 1. The van der Waals surface area contributed by atoms with Crippen molar-refractivity contribution in [2.45, 2.75) is 24.5 Å². The van der Waals surface area contributed by atoms with E-state index in [1.54, 1.807) is 6.07 Å². The zero-order chi connectivity index (χ0) is 13.0. The molecule has 1 fully saturated rings. The van der Waals surface area contributed by atoms with Gasteiger partial charge in [-0.25, -0.2) is 4.98 Å². The number of pyridine rings is 1. The number of rotatable bonds is 4. The third-order valence-corrected chi connectivity index (χ3v) is 4.38. The number of hydrogen-bond acceptors (Lipinski definition) is 5.